The van der Waals surface area contributed by atoms with E-state index >= 15 is 0 Å². The molecule has 2 heterocycles. The van der Waals surface area contributed by atoms with Gasteiger partial charge in [-0.3, -0.25) is 0 Å². The molecule has 1 aromatic carbocycles. The molecule has 3 rings (SSSR count). The maximum atomic E-state index is 6.00. The van der Waals surface area contributed by atoms with Gasteiger partial charge < -0.3 is 11.5 Å². The predicted octanol–water partition coefficient (Wildman–Crippen LogP) is 2.48. The van der Waals surface area contributed by atoms with E-state index in [-0.39, 0.29) is 11.8 Å². The zero-order chi connectivity index (χ0) is 15.0. The number of aromatic nitrogens is 4. The van der Waals surface area contributed by atoms with Gasteiger partial charge in [-0.2, -0.15) is 9.97 Å². The molecule has 21 heavy (non-hydrogen) atoms. The second-order valence-electron chi connectivity index (χ2n) is 4.43. The maximum Gasteiger partial charge on any atom is 0.224 e. The summed E-state index contributed by atoms with van der Waals surface area (Å²) in [6.45, 7) is 0. The van der Waals surface area contributed by atoms with Gasteiger partial charge in [0.05, 0.1) is 21.9 Å². The highest BCUT2D eigenvalue weighted by atomic mass is 35.5. The summed E-state index contributed by atoms with van der Waals surface area (Å²) in [7, 11) is 0. The minimum Gasteiger partial charge on any atom is -0.382 e. The van der Waals surface area contributed by atoms with Gasteiger partial charge in [-0.1, -0.05) is 29.3 Å². The number of fused-ring (bicyclic) bond motifs is 1. The third kappa shape index (κ3) is 2.81. The number of rotatable bonds is 2. The lowest BCUT2D eigenvalue weighted by Gasteiger charge is -2.05. The van der Waals surface area contributed by atoms with E-state index in [9.17, 15) is 0 Å². The van der Waals surface area contributed by atoms with Gasteiger partial charge in [0.1, 0.15) is 0 Å². The third-order valence-electron chi connectivity index (χ3n) is 2.87. The van der Waals surface area contributed by atoms with Crippen LogP contribution in [0.25, 0.3) is 11.2 Å². The molecule has 6 nitrogen and oxygen atoms in total. The summed E-state index contributed by atoms with van der Waals surface area (Å²) < 4.78 is 0. The Balaban J connectivity index is 1.99. The van der Waals surface area contributed by atoms with Crippen molar-refractivity contribution in [3.63, 3.8) is 0 Å². The summed E-state index contributed by atoms with van der Waals surface area (Å²) in [6.07, 6.45) is 2.17. The average molecular weight is 321 g/mol. The van der Waals surface area contributed by atoms with E-state index in [4.69, 9.17) is 34.7 Å². The van der Waals surface area contributed by atoms with Crippen molar-refractivity contribution in [2.24, 2.45) is 0 Å². The van der Waals surface area contributed by atoms with Crippen LogP contribution in [-0.4, -0.2) is 19.9 Å². The Hall–Kier alpha value is -2.18. The molecule has 0 aliphatic carbocycles. The molecule has 0 atom stereocenters. The summed E-state index contributed by atoms with van der Waals surface area (Å²) in [6, 6.07) is 5.41. The van der Waals surface area contributed by atoms with Crippen molar-refractivity contribution in [3.05, 3.63) is 45.7 Å². The van der Waals surface area contributed by atoms with E-state index in [0.29, 0.717) is 27.6 Å². The topological polar surface area (TPSA) is 104 Å². The summed E-state index contributed by atoms with van der Waals surface area (Å²) in [5.74, 6) is 0.285. The van der Waals surface area contributed by atoms with Crippen LogP contribution in [0.4, 0.5) is 11.8 Å². The Morgan fingerprint density at radius 2 is 1.81 bits per heavy atom. The zero-order valence-electron chi connectivity index (χ0n) is 10.7. The number of nitrogens with two attached hydrogens (primary N) is 2. The van der Waals surface area contributed by atoms with Gasteiger partial charge in [-0.25, -0.2) is 9.97 Å². The molecule has 2 aromatic heterocycles. The SMILES string of the molecule is Nc1nc(N)c2nc(Cc3ccc(Cl)c(Cl)c3)cnc2n1. The van der Waals surface area contributed by atoms with Gasteiger partial charge >= 0.3 is 0 Å². The van der Waals surface area contributed by atoms with E-state index in [1.54, 1.807) is 18.3 Å². The van der Waals surface area contributed by atoms with Crippen molar-refractivity contribution < 1.29 is 0 Å². The number of nitrogen functional groups attached to an aromatic ring is 2. The second-order valence-corrected chi connectivity index (χ2v) is 5.24. The highest BCUT2D eigenvalue weighted by Gasteiger charge is 2.08. The molecule has 0 aliphatic heterocycles. The third-order valence-corrected chi connectivity index (χ3v) is 3.61. The van der Waals surface area contributed by atoms with E-state index in [1.807, 2.05) is 6.07 Å². The minimum absolute atomic E-state index is 0.0755. The molecule has 0 radical (unpaired) electrons. The standard InChI is InChI=1S/C13H10Cl2N6/c14-8-2-1-6(4-9(8)15)3-7-5-18-12-10(19-7)11(16)20-13(17)21-12/h1-2,4-5H,3H2,(H4,16,17,18,20,21). The number of hydrogen-bond donors (Lipinski definition) is 2. The highest BCUT2D eigenvalue weighted by Crippen LogP contribution is 2.24. The average Bonchev–Trinajstić information content (AvgIpc) is 2.43. The van der Waals surface area contributed by atoms with E-state index in [2.05, 4.69) is 19.9 Å². The normalized spacial score (nSPS) is 11.0. The van der Waals surface area contributed by atoms with Gasteiger partial charge in [-0.15, -0.1) is 0 Å². The fraction of sp³-hybridized carbons (Fsp3) is 0.0769. The van der Waals surface area contributed by atoms with Crippen LogP contribution in [0.2, 0.25) is 10.0 Å². The van der Waals surface area contributed by atoms with Crippen molar-refractivity contribution in [3.8, 4) is 0 Å². The highest BCUT2D eigenvalue weighted by molar-refractivity contribution is 6.42. The fourth-order valence-corrected chi connectivity index (χ4v) is 2.25. The molecule has 0 aliphatic rings. The molecule has 106 valence electrons. The molecule has 0 amide bonds. The predicted molar refractivity (Wildman–Crippen MR) is 83.2 cm³/mol. The van der Waals surface area contributed by atoms with Crippen molar-refractivity contribution in [2.75, 3.05) is 11.5 Å². The number of halogens is 2. The first kappa shape index (κ1) is 13.8. The lowest BCUT2D eigenvalue weighted by Crippen LogP contribution is -2.04. The minimum atomic E-state index is 0.0755. The van der Waals surface area contributed by atoms with Crippen molar-refractivity contribution in [1.29, 1.82) is 0 Å². The van der Waals surface area contributed by atoms with Crippen LogP contribution in [-0.2, 0) is 6.42 Å². The Labute approximate surface area is 130 Å². The molecule has 0 spiro atoms. The first-order chi connectivity index (χ1) is 10.0. The van der Waals surface area contributed by atoms with Crippen LogP contribution < -0.4 is 11.5 Å². The first-order valence-corrected chi connectivity index (χ1v) is 6.77. The van der Waals surface area contributed by atoms with Crippen molar-refractivity contribution in [1.82, 2.24) is 19.9 Å². The summed E-state index contributed by atoms with van der Waals surface area (Å²) >= 11 is 11.9. The zero-order valence-corrected chi connectivity index (χ0v) is 12.2. The van der Waals surface area contributed by atoms with Gasteiger partial charge in [0, 0.05) is 6.42 Å². The molecule has 0 fully saturated rings. The molecule has 4 N–H and O–H groups in total. The van der Waals surface area contributed by atoms with Crippen LogP contribution in [0.15, 0.2) is 24.4 Å². The number of benzene rings is 1. The molecule has 8 heteroatoms. The molecule has 0 bridgehead atoms. The summed E-state index contributed by atoms with van der Waals surface area (Å²) in [4.78, 5) is 16.5. The molecular weight excluding hydrogens is 311 g/mol. The lowest BCUT2D eigenvalue weighted by molar-refractivity contribution is 1.05. The summed E-state index contributed by atoms with van der Waals surface area (Å²) in [5.41, 5.74) is 13.8. The Morgan fingerprint density at radius 1 is 1.00 bits per heavy atom. The second kappa shape index (κ2) is 5.31. The van der Waals surface area contributed by atoms with Crippen LogP contribution in [0.1, 0.15) is 11.3 Å². The monoisotopic (exact) mass is 320 g/mol. The van der Waals surface area contributed by atoms with Crippen LogP contribution in [0.3, 0.4) is 0 Å². The molecule has 0 saturated carbocycles. The quantitative estimate of drug-likeness (QED) is 0.751. The lowest BCUT2D eigenvalue weighted by atomic mass is 10.1. The van der Waals surface area contributed by atoms with Gasteiger partial charge in [0.2, 0.25) is 5.95 Å². The van der Waals surface area contributed by atoms with Crippen LogP contribution >= 0.6 is 23.2 Å². The number of nitrogens with zero attached hydrogens (tertiary/aromatic N) is 4. The largest absolute Gasteiger partial charge is 0.382 e. The Bertz CT molecular complexity index is 836. The molecule has 0 unspecified atom stereocenters. The van der Waals surface area contributed by atoms with Crippen molar-refractivity contribution in [2.45, 2.75) is 6.42 Å². The van der Waals surface area contributed by atoms with Crippen LogP contribution in [0, 0.1) is 0 Å². The number of hydrogen-bond acceptors (Lipinski definition) is 6. The Kier molecular flexibility index (Phi) is 3.48. The first-order valence-electron chi connectivity index (χ1n) is 6.01. The van der Waals surface area contributed by atoms with Gasteiger partial charge in [0.25, 0.3) is 0 Å². The number of anilines is 2. The fourth-order valence-electron chi connectivity index (χ4n) is 1.93. The van der Waals surface area contributed by atoms with Gasteiger partial charge in [0.15, 0.2) is 17.0 Å². The Morgan fingerprint density at radius 3 is 2.57 bits per heavy atom. The van der Waals surface area contributed by atoms with E-state index in [0.717, 1.165) is 11.3 Å². The maximum absolute atomic E-state index is 6.00. The molecule has 0 saturated heterocycles. The summed E-state index contributed by atoms with van der Waals surface area (Å²) in [5, 5.41) is 1.01. The molecule has 3 aromatic rings. The van der Waals surface area contributed by atoms with Crippen molar-refractivity contribution >= 4 is 46.1 Å². The van der Waals surface area contributed by atoms with Gasteiger partial charge in [-0.05, 0) is 17.7 Å². The smallest absolute Gasteiger partial charge is 0.224 e. The molecular formula is C13H10Cl2N6. The van der Waals surface area contributed by atoms with Crippen LogP contribution in [0.5, 0.6) is 0 Å². The van der Waals surface area contributed by atoms with E-state index < -0.39 is 0 Å². The van der Waals surface area contributed by atoms with E-state index in [1.165, 1.54) is 0 Å².